The van der Waals surface area contributed by atoms with Crippen molar-refractivity contribution in [3.63, 3.8) is 0 Å². The van der Waals surface area contributed by atoms with Gasteiger partial charge in [0.15, 0.2) is 5.17 Å². The van der Waals surface area contributed by atoms with Crippen molar-refractivity contribution in [2.45, 2.75) is 25.1 Å². The lowest BCUT2D eigenvalue weighted by Crippen LogP contribution is -2.44. The van der Waals surface area contributed by atoms with Crippen LogP contribution in [0.2, 0.25) is 0 Å². The first-order valence-corrected chi connectivity index (χ1v) is 12.1. The van der Waals surface area contributed by atoms with Gasteiger partial charge in [0.25, 0.3) is 0 Å². The molecule has 0 saturated carbocycles. The number of rotatable bonds is 7. The zero-order chi connectivity index (χ0) is 23.2. The summed E-state index contributed by atoms with van der Waals surface area (Å²) in [6, 6.07) is 16.7. The molecule has 1 aliphatic rings. The number of hydrogen-bond acceptors (Lipinski definition) is 6. The number of hydrogen-bond donors (Lipinski definition) is 1. The molecule has 1 aromatic heterocycles. The fourth-order valence-electron chi connectivity index (χ4n) is 3.23. The van der Waals surface area contributed by atoms with Gasteiger partial charge in [-0.25, -0.2) is 9.38 Å². The zero-order valence-corrected chi connectivity index (χ0v) is 19.5. The Hall–Kier alpha value is -3.17. The molecule has 1 N–H and O–H groups in total. The normalized spacial score (nSPS) is 17.3. The molecule has 33 heavy (non-hydrogen) atoms. The molecule has 1 fully saturated rings. The number of anilines is 1. The Labute approximate surface area is 199 Å². The highest BCUT2D eigenvalue weighted by molar-refractivity contribution is 8.15. The van der Waals surface area contributed by atoms with E-state index in [1.165, 1.54) is 23.9 Å². The zero-order valence-electron chi connectivity index (χ0n) is 17.9. The van der Waals surface area contributed by atoms with E-state index < -0.39 is 5.25 Å². The van der Waals surface area contributed by atoms with Crippen molar-refractivity contribution in [2.24, 2.45) is 4.99 Å². The summed E-state index contributed by atoms with van der Waals surface area (Å²) in [4.78, 5) is 33.2. The highest BCUT2D eigenvalue weighted by atomic mass is 32.2. The number of ether oxygens (including phenoxy) is 1. The van der Waals surface area contributed by atoms with Gasteiger partial charge in [0, 0.05) is 23.1 Å². The monoisotopic (exact) mass is 483 g/mol. The highest BCUT2D eigenvalue weighted by Gasteiger charge is 2.36. The summed E-state index contributed by atoms with van der Waals surface area (Å²) in [7, 11) is 0. The number of benzene rings is 2. The maximum Gasteiger partial charge on any atom is 0.238 e. The molecule has 0 spiro atoms. The predicted octanol–water partition coefficient (Wildman–Crippen LogP) is 5.45. The van der Waals surface area contributed by atoms with Crippen LogP contribution in [0, 0.1) is 5.82 Å². The predicted molar refractivity (Wildman–Crippen MR) is 131 cm³/mol. The fraction of sp³-hybridized carbons (Fsp3) is 0.208. The molecular formula is C24H22FN3O3S2. The summed E-state index contributed by atoms with van der Waals surface area (Å²) in [5.74, 6) is -0.188. The first kappa shape index (κ1) is 23.0. The summed E-state index contributed by atoms with van der Waals surface area (Å²) in [6.45, 7) is 2.78. The van der Waals surface area contributed by atoms with E-state index in [2.05, 4.69) is 10.3 Å². The van der Waals surface area contributed by atoms with Gasteiger partial charge in [0.1, 0.15) is 16.8 Å². The van der Waals surface area contributed by atoms with Gasteiger partial charge < -0.3 is 10.1 Å². The van der Waals surface area contributed by atoms with Gasteiger partial charge in [0.2, 0.25) is 11.8 Å². The lowest BCUT2D eigenvalue weighted by atomic mass is 10.2. The Morgan fingerprint density at radius 2 is 2.03 bits per heavy atom. The third kappa shape index (κ3) is 6.00. The van der Waals surface area contributed by atoms with Crippen molar-refractivity contribution in [3.8, 4) is 5.75 Å². The Morgan fingerprint density at radius 3 is 2.76 bits per heavy atom. The molecule has 0 bridgehead atoms. The average Bonchev–Trinajstić information content (AvgIpc) is 3.31. The van der Waals surface area contributed by atoms with E-state index >= 15 is 0 Å². The summed E-state index contributed by atoms with van der Waals surface area (Å²) in [5.41, 5.74) is 1.10. The van der Waals surface area contributed by atoms with Crippen LogP contribution in [0.25, 0.3) is 0 Å². The molecule has 2 aromatic carbocycles. The van der Waals surface area contributed by atoms with Crippen LogP contribution in [-0.2, 0) is 16.1 Å². The van der Waals surface area contributed by atoms with Gasteiger partial charge in [-0.05, 0) is 54.8 Å². The van der Waals surface area contributed by atoms with Gasteiger partial charge in [-0.2, -0.15) is 0 Å². The van der Waals surface area contributed by atoms with E-state index in [1.807, 2.05) is 30.5 Å². The molecule has 1 aliphatic heterocycles. The maximum atomic E-state index is 13.3. The van der Waals surface area contributed by atoms with Crippen LogP contribution in [-0.4, -0.2) is 33.7 Å². The van der Waals surface area contributed by atoms with E-state index in [1.54, 1.807) is 46.6 Å². The van der Waals surface area contributed by atoms with Crippen LogP contribution in [0.1, 0.15) is 18.2 Å². The number of carbonyl (C=O) groups is 2. The molecule has 4 rings (SSSR count). The second-order valence-electron chi connectivity index (χ2n) is 7.19. The maximum absolute atomic E-state index is 13.3. The van der Waals surface area contributed by atoms with Gasteiger partial charge in [-0.15, -0.1) is 11.3 Å². The summed E-state index contributed by atoms with van der Waals surface area (Å²) in [6.07, 6.45) is 0.0511. The van der Waals surface area contributed by atoms with Crippen molar-refractivity contribution in [3.05, 3.63) is 76.7 Å². The third-order valence-electron chi connectivity index (χ3n) is 4.79. The lowest BCUT2D eigenvalue weighted by Gasteiger charge is -2.31. The van der Waals surface area contributed by atoms with Crippen LogP contribution < -0.4 is 10.1 Å². The molecule has 0 aliphatic carbocycles. The number of thioether (sulfide) groups is 1. The number of nitrogens with one attached hydrogen (secondary N) is 1. The molecule has 2 heterocycles. The number of halogens is 1. The van der Waals surface area contributed by atoms with Crippen LogP contribution in [0.4, 0.5) is 15.8 Å². The number of amidine groups is 1. The number of aliphatic imine (C=N–C) groups is 1. The second kappa shape index (κ2) is 10.6. The van der Waals surface area contributed by atoms with E-state index in [-0.39, 0.29) is 24.1 Å². The molecule has 1 atom stereocenters. The molecule has 2 amide bonds. The van der Waals surface area contributed by atoms with Crippen molar-refractivity contribution < 1.29 is 18.7 Å². The van der Waals surface area contributed by atoms with Crippen LogP contribution in [0.15, 0.2) is 71.0 Å². The first-order chi connectivity index (χ1) is 16.0. The molecule has 170 valence electrons. The minimum atomic E-state index is -0.646. The number of thiophene rings is 1. The smallest absolute Gasteiger partial charge is 0.238 e. The largest absolute Gasteiger partial charge is 0.494 e. The summed E-state index contributed by atoms with van der Waals surface area (Å²) in [5, 5.41) is 4.58. The van der Waals surface area contributed by atoms with Crippen LogP contribution in [0.3, 0.4) is 0 Å². The van der Waals surface area contributed by atoms with E-state index in [9.17, 15) is 14.0 Å². The highest BCUT2D eigenvalue weighted by Crippen LogP contribution is 2.32. The molecule has 0 radical (unpaired) electrons. The first-order valence-electron chi connectivity index (χ1n) is 10.4. The second-order valence-corrected chi connectivity index (χ2v) is 9.39. The fourth-order valence-corrected chi connectivity index (χ4v) is 5.03. The average molecular weight is 484 g/mol. The van der Waals surface area contributed by atoms with E-state index in [0.29, 0.717) is 35.4 Å². The minimum Gasteiger partial charge on any atom is -0.494 e. The quantitative estimate of drug-likeness (QED) is 0.485. The third-order valence-corrected chi connectivity index (χ3v) is 6.84. The van der Waals surface area contributed by atoms with Gasteiger partial charge >= 0.3 is 0 Å². The Kier molecular flexibility index (Phi) is 7.41. The van der Waals surface area contributed by atoms with Gasteiger partial charge in [-0.3, -0.25) is 14.5 Å². The standard InChI is InChI=1S/C24H22FN3O3S2/c1-2-31-19-6-3-5-18(13-19)26-23(30)21-14-22(29)28(15-20-7-4-12-32-20)24(33-21)27-17-10-8-16(25)9-11-17/h3-13,21H,2,14-15H2,1H3,(H,26,30)/t21-/m0/s1. The van der Waals surface area contributed by atoms with Gasteiger partial charge in [-0.1, -0.05) is 23.9 Å². The SMILES string of the molecule is CCOc1cccc(NC(=O)[C@@H]2CC(=O)N(Cc3cccs3)C(=Nc3ccc(F)cc3)S2)c1. The van der Waals surface area contributed by atoms with Gasteiger partial charge in [0.05, 0.1) is 18.8 Å². The van der Waals surface area contributed by atoms with Crippen LogP contribution in [0.5, 0.6) is 5.75 Å². The van der Waals surface area contributed by atoms with Crippen molar-refractivity contribution in [2.75, 3.05) is 11.9 Å². The van der Waals surface area contributed by atoms with Crippen molar-refractivity contribution in [1.82, 2.24) is 4.90 Å². The van der Waals surface area contributed by atoms with E-state index in [0.717, 1.165) is 4.88 Å². The topological polar surface area (TPSA) is 71.0 Å². The molecule has 1 saturated heterocycles. The Bertz CT molecular complexity index is 1150. The Morgan fingerprint density at radius 1 is 1.21 bits per heavy atom. The van der Waals surface area contributed by atoms with Crippen molar-refractivity contribution in [1.29, 1.82) is 0 Å². The lowest BCUT2D eigenvalue weighted by molar-refractivity contribution is -0.129. The molecule has 6 nitrogen and oxygen atoms in total. The number of amides is 2. The number of carbonyl (C=O) groups excluding carboxylic acids is 2. The number of nitrogens with zero attached hydrogens (tertiary/aromatic N) is 2. The Balaban J connectivity index is 1.56. The molecule has 3 aromatic rings. The molecular weight excluding hydrogens is 461 g/mol. The van der Waals surface area contributed by atoms with E-state index in [4.69, 9.17) is 4.74 Å². The van der Waals surface area contributed by atoms with Crippen LogP contribution >= 0.6 is 23.1 Å². The molecule has 9 heteroatoms. The minimum absolute atomic E-state index is 0.0511. The molecule has 0 unspecified atom stereocenters. The summed E-state index contributed by atoms with van der Waals surface area (Å²) < 4.78 is 18.8. The summed E-state index contributed by atoms with van der Waals surface area (Å²) >= 11 is 2.77. The van der Waals surface area contributed by atoms with Crippen molar-refractivity contribution >= 4 is 51.5 Å².